The number of thiophene rings is 1. The van der Waals surface area contributed by atoms with Gasteiger partial charge in [-0.15, -0.1) is 11.3 Å². The Labute approximate surface area is 294 Å². The Balaban J connectivity index is 1.18. The highest BCUT2D eigenvalue weighted by molar-refractivity contribution is 7.26. The Morgan fingerprint density at radius 3 is 1.94 bits per heavy atom. The number of benzene rings is 6. The van der Waals surface area contributed by atoms with Crippen LogP contribution in [0.25, 0.3) is 86.6 Å². The summed E-state index contributed by atoms with van der Waals surface area (Å²) < 4.78 is 7.53. The van der Waals surface area contributed by atoms with E-state index in [0.717, 1.165) is 0 Å². The van der Waals surface area contributed by atoms with Crippen LogP contribution in [-0.2, 0) is 5.41 Å². The SMILES string of the molecule is CC1(C)c2c#cccc2-c2cc3c4cc(-c5ccc6c(c5)c5sc7ccccc7c5n6-c5ccccc5)ccc4n(-c4ccccc4)c3cc21. The monoisotopic (exact) mass is 654 g/mol. The molecular weight excluding hydrogens is 625 g/mol. The zero-order valence-corrected chi connectivity index (χ0v) is 28.5. The molecule has 0 radical (unpaired) electrons. The first kappa shape index (κ1) is 27.8. The molecule has 0 spiro atoms. The van der Waals surface area contributed by atoms with Crippen molar-refractivity contribution in [3.05, 3.63) is 169 Å². The van der Waals surface area contributed by atoms with E-state index < -0.39 is 0 Å². The van der Waals surface area contributed by atoms with E-state index in [9.17, 15) is 0 Å². The number of nitrogens with zero attached hydrogens (tertiary/aromatic N) is 2. The normalized spacial score (nSPS) is 13.4. The molecule has 7 aromatic carbocycles. The summed E-state index contributed by atoms with van der Waals surface area (Å²) in [5.41, 5.74) is 14.8. The van der Waals surface area contributed by atoms with Crippen LogP contribution in [-0.4, -0.2) is 9.13 Å². The van der Waals surface area contributed by atoms with E-state index in [-0.39, 0.29) is 5.41 Å². The fourth-order valence-corrected chi connectivity index (χ4v) is 9.79. The summed E-state index contributed by atoms with van der Waals surface area (Å²) in [5, 5.41) is 5.12. The Morgan fingerprint density at radius 1 is 0.540 bits per heavy atom. The van der Waals surface area contributed by atoms with Gasteiger partial charge in [0.25, 0.3) is 0 Å². The van der Waals surface area contributed by atoms with Crippen LogP contribution in [0.15, 0.2) is 146 Å². The summed E-state index contributed by atoms with van der Waals surface area (Å²) in [5.74, 6) is 0. The second-order valence-corrected chi connectivity index (χ2v) is 15.1. The number of hydrogen-bond donors (Lipinski definition) is 0. The fourth-order valence-electron chi connectivity index (χ4n) is 8.58. The zero-order chi connectivity index (χ0) is 33.1. The summed E-state index contributed by atoms with van der Waals surface area (Å²) >= 11 is 1.89. The van der Waals surface area contributed by atoms with Gasteiger partial charge in [-0.3, -0.25) is 0 Å². The Morgan fingerprint density at radius 2 is 1.18 bits per heavy atom. The molecule has 1 aliphatic rings. The van der Waals surface area contributed by atoms with E-state index in [4.69, 9.17) is 0 Å². The zero-order valence-electron chi connectivity index (χ0n) is 27.7. The quantitative estimate of drug-likeness (QED) is 0.179. The Hall–Kier alpha value is -6.08. The van der Waals surface area contributed by atoms with Crippen molar-refractivity contribution in [2.24, 2.45) is 0 Å². The van der Waals surface area contributed by atoms with Gasteiger partial charge in [0.15, 0.2) is 0 Å². The minimum absolute atomic E-state index is 0.150. The molecule has 0 aliphatic heterocycles. The molecule has 0 fully saturated rings. The highest BCUT2D eigenvalue weighted by Crippen LogP contribution is 2.51. The van der Waals surface area contributed by atoms with Gasteiger partial charge < -0.3 is 9.13 Å². The van der Waals surface area contributed by atoms with Gasteiger partial charge in [-0.25, -0.2) is 0 Å². The first-order chi connectivity index (χ1) is 24.6. The van der Waals surface area contributed by atoms with Crippen molar-refractivity contribution in [2.75, 3.05) is 0 Å². The maximum Gasteiger partial charge on any atom is 0.0727 e. The largest absolute Gasteiger partial charge is 0.309 e. The molecule has 0 atom stereocenters. The topological polar surface area (TPSA) is 9.86 Å². The third kappa shape index (κ3) is 3.69. The molecule has 1 aliphatic carbocycles. The maximum atomic E-state index is 3.46. The third-order valence-corrected chi connectivity index (χ3v) is 12.1. The molecule has 11 rings (SSSR count). The smallest absolute Gasteiger partial charge is 0.0727 e. The molecule has 50 heavy (non-hydrogen) atoms. The van der Waals surface area contributed by atoms with Crippen LogP contribution in [0, 0.1) is 12.1 Å². The molecular formula is C47H30N2S. The van der Waals surface area contributed by atoms with Crippen molar-refractivity contribution in [3.8, 4) is 33.6 Å². The van der Waals surface area contributed by atoms with Crippen molar-refractivity contribution in [3.63, 3.8) is 0 Å². The van der Waals surface area contributed by atoms with Crippen molar-refractivity contribution in [1.29, 1.82) is 0 Å². The highest BCUT2D eigenvalue weighted by atomic mass is 32.1. The number of aromatic nitrogens is 2. The highest BCUT2D eigenvalue weighted by Gasteiger charge is 2.36. The predicted molar refractivity (Wildman–Crippen MR) is 211 cm³/mol. The minimum atomic E-state index is -0.150. The molecule has 0 saturated carbocycles. The van der Waals surface area contributed by atoms with Gasteiger partial charge >= 0.3 is 0 Å². The van der Waals surface area contributed by atoms with E-state index in [0.29, 0.717) is 0 Å². The lowest BCUT2D eigenvalue weighted by molar-refractivity contribution is 0.661. The molecule has 0 amide bonds. The van der Waals surface area contributed by atoms with Crippen LogP contribution >= 0.6 is 11.3 Å². The van der Waals surface area contributed by atoms with Crippen LogP contribution in [0.2, 0.25) is 0 Å². The molecule has 3 aromatic heterocycles. The van der Waals surface area contributed by atoms with E-state index in [2.05, 4.69) is 175 Å². The fraction of sp³-hybridized carbons (Fsp3) is 0.0638. The second-order valence-electron chi connectivity index (χ2n) is 14.0. The van der Waals surface area contributed by atoms with Gasteiger partial charge in [0.2, 0.25) is 0 Å². The average molecular weight is 655 g/mol. The molecule has 0 N–H and O–H groups in total. The Kier molecular flexibility index (Phi) is 5.56. The van der Waals surface area contributed by atoms with E-state index in [1.54, 1.807) is 0 Å². The molecule has 2 nitrogen and oxygen atoms in total. The van der Waals surface area contributed by atoms with Crippen LogP contribution in [0.3, 0.4) is 0 Å². The van der Waals surface area contributed by atoms with E-state index >= 15 is 0 Å². The predicted octanol–water partition coefficient (Wildman–Crippen LogP) is 12.7. The Bertz CT molecular complexity index is 2990. The summed E-state index contributed by atoms with van der Waals surface area (Å²) in [6, 6.07) is 60.1. The van der Waals surface area contributed by atoms with Crippen LogP contribution < -0.4 is 0 Å². The van der Waals surface area contributed by atoms with Crippen molar-refractivity contribution in [1.82, 2.24) is 9.13 Å². The summed E-state index contributed by atoms with van der Waals surface area (Å²) in [6.07, 6.45) is 0. The third-order valence-electron chi connectivity index (χ3n) is 10.9. The van der Waals surface area contributed by atoms with Gasteiger partial charge in [-0.05, 0) is 107 Å². The number of rotatable bonds is 3. The lowest BCUT2D eigenvalue weighted by Gasteiger charge is -2.20. The van der Waals surface area contributed by atoms with Gasteiger partial charge in [-0.1, -0.05) is 92.7 Å². The average Bonchev–Trinajstić information content (AvgIpc) is 3.86. The van der Waals surface area contributed by atoms with Crippen molar-refractivity contribution in [2.45, 2.75) is 19.3 Å². The van der Waals surface area contributed by atoms with Gasteiger partial charge in [-0.2, -0.15) is 0 Å². The number of para-hydroxylation sites is 2. The van der Waals surface area contributed by atoms with Crippen LogP contribution in [0.4, 0.5) is 0 Å². The maximum absolute atomic E-state index is 3.46. The molecule has 0 unspecified atom stereocenters. The lowest BCUT2D eigenvalue weighted by Crippen LogP contribution is -2.14. The molecule has 234 valence electrons. The number of fused-ring (bicyclic) bond motifs is 11. The minimum Gasteiger partial charge on any atom is -0.309 e. The van der Waals surface area contributed by atoms with E-state index in [1.807, 2.05) is 17.4 Å². The second kappa shape index (κ2) is 9.98. The van der Waals surface area contributed by atoms with Crippen LogP contribution in [0.1, 0.15) is 25.0 Å². The molecule has 10 aromatic rings. The molecule has 0 saturated heterocycles. The molecule has 0 bridgehead atoms. The van der Waals surface area contributed by atoms with Gasteiger partial charge in [0, 0.05) is 48.6 Å². The van der Waals surface area contributed by atoms with Crippen molar-refractivity contribution < 1.29 is 0 Å². The first-order valence-corrected chi connectivity index (χ1v) is 18.0. The van der Waals surface area contributed by atoms with Gasteiger partial charge in [0.1, 0.15) is 0 Å². The summed E-state index contributed by atoms with van der Waals surface area (Å²) in [7, 11) is 0. The standard InChI is InChI=1S/C47H30N2S/c1-47(2)39-19-11-9-17-33(39)35-27-37-36-25-29(21-23-41(36)48(43(37)28-40(35)47)31-13-5-3-6-14-31)30-22-24-42-38(26-30)46-45(34-18-10-12-20-44(34)50-46)49(42)32-15-7-4-8-16-32/h3-10,12-18,20-28H,1-2H3. The summed E-state index contributed by atoms with van der Waals surface area (Å²) in [6.45, 7) is 4.63. The molecule has 3 heteroatoms. The number of hydrogen-bond acceptors (Lipinski definition) is 1. The van der Waals surface area contributed by atoms with E-state index in [1.165, 1.54) is 97.8 Å². The van der Waals surface area contributed by atoms with Gasteiger partial charge in [0.05, 0.1) is 26.8 Å². The lowest BCUT2D eigenvalue weighted by atomic mass is 9.83. The summed E-state index contributed by atoms with van der Waals surface area (Å²) in [4.78, 5) is 0. The molecule has 3 heterocycles. The van der Waals surface area contributed by atoms with Crippen molar-refractivity contribution >= 4 is 64.3 Å². The van der Waals surface area contributed by atoms with Crippen LogP contribution in [0.5, 0.6) is 0 Å². The first-order valence-electron chi connectivity index (χ1n) is 17.2.